The summed E-state index contributed by atoms with van der Waals surface area (Å²) in [4.78, 5) is 23.7. The number of carboxylic acid groups (broad SMARTS) is 1. The van der Waals surface area contributed by atoms with Gasteiger partial charge in [-0.1, -0.05) is 6.92 Å². The fourth-order valence-electron chi connectivity index (χ4n) is 1.44. The van der Waals surface area contributed by atoms with Gasteiger partial charge in [-0.15, -0.1) is 0 Å². The minimum Gasteiger partial charge on any atom is -0.481 e. The van der Waals surface area contributed by atoms with Crippen LogP contribution in [0.15, 0.2) is 0 Å². The van der Waals surface area contributed by atoms with E-state index in [0.29, 0.717) is 25.6 Å². The fourth-order valence-corrected chi connectivity index (χ4v) is 1.44. The Bertz CT molecular complexity index is 252. The van der Waals surface area contributed by atoms with Crippen LogP contribution in [0, 0.1) is 5.92 Å². The molecule has 0 spiro atoms. The topological polar surface area (TPSA) is 69.6 Å². The maximum absolute atomic E-state index is 11.5. The van der Waals surface area contributed by atoms with Gasteiger partial charge in [0.15, 0.2) is 0 Å². The van der Waals surface area contributed by atoms with Gasteiger partial charge < -0.3 is 10.4 Å². The summed E-state index contributed by atoms with van der Waals surface area (Å²) in [5.41, 5.74) is 0. The predicted molar refractivity (Wildman–Crippen MR) is 60.1 cm³/mol. The molecule has 1 rings (SSSR count). The van der Waals surface area contributed by atoms with Gasteiger partial charge in [-0.05, 0) is 25.3 Å². The van der Waals surface area contributed by atoms with Gasteiger partial charge in [0.25, 0.3) is 0 Å². The lowest BCUT2D eigenvalue weighted by Gasteiger charge is -2.18. The summed E-state index contributed by atoms with van der Waals surface area (Å²) >= 11 is 0. The fraction of sp³-hybridized carbons (Fsp3) is 0.818. The van der Waals surface area contributed by atoms with Gasteiger partial charge in [-0.2, -0.15) is 0 Å². The summed E-state index contributed by atoms with van der Waals surface area (Å²) in [6, 6.07) is 0. The highest BCUT2D eigenvalue weighted by molar-refractivity contribution is 5.78. The Morgan fingerprint density at radius 3 is 2.62 bits per heavy atom. The van der Waals surface area contributed by atoms with Crippen LogP contribution in [0.5, 0.6) is 0 Å². The predicted octanol–water partition coefficient (Wildman–Crippen LogP) is 0.309. The first-order valence-electron chi connectivity index (χ1n) is 5.82. The number of carbonyl (C=O) groups excluding carboxylic acids is 1. The van der Waals surface area contributed by atoms with Gasteiger partial charge in [0.1, 0.15) is 0 Å². The zero-order valence-corrected chi connectivity index (χ0v) is 9.74. The van der Waals surface area contributed by atoms with E-state index in [1.165, 1.54) is 12.8 Å². The molecule has 0 bridgehead atoms. The average molecular weight is 228 g/mol. The average Bonchev–Trinajstić information content (AvgIpc) is 3.04. The number of aliphatic carboxylic acids is 1. The molecule has 1 saturated carbocycles. The number of hydrogen-bond acceptors (Lipinski definition) is 3. The molecule has 16 heavy (non-hydrogen) atoms. The summed E-state index contributed by atoms with van der Waals surface area (Å²) in [7, 11) is 0. The van der Waals surface area contributed by atoms with Crippen LogP contribution < -0.4 is 5.32 Å². The molecule has 1 fully saturated rings. The number of nitrogens with zero attached hydrogens (tertiary/aromatic N) is 1. The number of carboxylic acids is 1. The number of rotatable bonds is 8. The van der Waals surface area contributed by atoms with E-state index in [4.69, 9.17) is 5.11 Å². The number of nitrogens with one attached hydrogen (secondary N) is 1. The highest BCUT2D eigenvalue weighted by Gasteiger charge is 2.21. The Kier molecular flexibility index (Phi) is 5.25. The summed E-state index contributed by atoms with van der Waals surface area (Å²) in [6.45, 7) is 4.13. The van der Waals surface area contributed by atoms with Crippen molar-refractivity contribution in [1.29, 1.82) is 0 Å². The zero-order chi connectivity index (χ0) is 12.0. The summed E-state index contributed by atoms with van der Waals surface area (Å²) in [5, 5.41) is 11.4. The molecule has 0 atom stereocenters. The second-order valence-electron chi connectivity index (χ2n) is 4.26. The van der Waals surface area contributed by atoms with Gasteiger partial charge in [-0.25, -0.2) is 0 Å². The van der Waals surface area contributed by atoms with Crippen LogP contribution in [0.1, 0.15) is 26.2 Å². The first kappa shape index (κ1) is 13.0. The van der Waals surface area contributed by atoms with Gasteiger partial charge in [0.2, 0.25) is 5.91 Å². The molecule has 0 unspecified atom stereocenters. The lowest BCUT2D eigenvalue weighted by Crippen LogP contribution is -2.38. The van der Waals surface area contributed by atoms with Gasteiger partial charge in [-0.3, -0.25) is 14.5 Å². The van der Waals surface area contributed by atoms with Crippen LogP contribution in [0.3, 0.4) is 0 Å². The van der Waals surface area contributed by atoms with Crippen molar-refractivity contribution in [3.63, 3.8) is 0 Å². The monoisotopic (exact) mass is 228 g/mol. The molecule has 0 aromatic carbocycles. The maximum atomic E-state index is 11.5. The van der Waals surface area contributed by atoms with E-state index in [2.05, 4.69) is 5.32 Å². The Labute approximate surface area is 95.8 Å². The molecule has 1 aliphatic rings. The SMILES string of the molecule is CCN(CCC(=O)O)CC(=O)NCC1CC1. The second-order valence-corrected chi connectivity index (χ2v) is 4.26. The molecule has 5 nitrogen and oxygen atoms in total. The molecule has 0 aromatic heterocycles. The van der Waals surface area contributed by atoms with Crippen LogP contribution in [-0.2, 0) is 9.59 Å². The minimum absolute atomic E-state index is 0.000797. The van der Waals surface area contributed by atoms with E-state index in [-0.39, 0.29) is 12.3 Å². The number of likely N-dealkylation sites (N-methyl/N-ethyl adjacent to an activating group) is 1. The normalized spacial score (nSPS) is 15.1. The molecule has 0 saturated heterocycles. The highest BCUT2D eigenvalue weighted by atomic mass is 16.4. The van der Waals surface area contributed by atoms with Crippen LogP contribution >= 0.6 is 0 Å². The Morgan fingerprint density at radius 2 is 2.12 bits per heavy atom. The van der Waals surface area contributed by atoms with Crippen molar-refractivity contribution >= 4 is 11.9 Å². The molecular formula is C11H20N2O3. The standard InChI is InChI=1S/C11H20N2O3/c1-2-13(6-5-11(15)16)8-10(14)12-7-9-3-4-9/h9H,2-8H2,1H3,(H,12,14)(H,15,16). The van der Waals surface area contributed by atoms with Crippen LogP contribution in [0.4, 0.5) is 0 Å². The van der Waals surface area contributed by atoms with E-state index < -0.39 is 5.97 Å². The van der Waals surface area contributed by atoms with E-state index in [1.54, 1.807) is 0 Å². The first-order valence-corrected chi connectivity index (χ1v) is 5.82. The lowest BCUT2D eigenvalue weighted by atomic mass is 10.3. The van der Waals surface area contributed by atoms with Crippen LogP contribution in [0.2, 0.25) is 0 Å². The van der Waals surface area contributed by atoms with Crippen molar-refractivity contribution in [1.82, 2.24) is 10.2 Å². The molecule has 0 aliphatic heterocycles. The number of amides is 1. The quantitative estimate of drug-likeness (QED) is 0.627. The molecular weight excluding hydrogens is 208 g/mol. The first-order chi connectivity index (χ1) is 7.61. The van der Waals surface area contributed by atoms with E-state index in [0.717, 1.165) is 6.54 Å². The largest absolute Gasteiger partial charge is 0.481 e. The Morgan fingerprint density at radius 1 is 1.44 bits per heavy atom. The second kappa shape index (κ2) is 6.48. The Hall–Kier alpha value is -1.10. The third-order valence-corrected chi connectivity index (χ3v) is 2.74. The molecule has 5 heteroatoms. The minimum atomic E-state index is -0.822. The summed E-state index contributed by atoms with van der Waals surface area (Å²) in [6.07, 6.45) is 2.53. The third-order valence-electron chi connectivity index (χ3n) is 2.74. The molecule has 0 aromatic rings. The maximum Gasteiger partial charge on any atom is 0.304 e. The highest BCUT2D eigenvalue weighted by Crippen LogP contribution is 2.27. The molecule has 1 aliphatic carbocycles. The molecule has 0 heterocycles. The van der Waals surface area contributed by atoms with Crippen LogP contribution in [0.25, 0.3) is 0 Å². The van der Waals surface area contributed by atoms with Crippen LogP contribution in [-0.4, -0.2) is 48.1 Å². The molecule has 92 valence electrons. The van der Waals surface area contributed by atoms with Crippen molar-refractivity contribution < 1.29 is 14.7 Å². The van der Waals surface area contributed by atoms with E-state index >= 15 is 0 Å². The lowest BCUT2D eigenvalue weighted by molar-refractivity contribution is -0.137. The van der Waals surface area contributed by atoms with Gasteiger partial charge in [0.05, 0.1) is 13.0 Å². The smallest absolute Gasteiger partial charge is 0.304 e. The van der Waals surface area contributed by atoms with E-state index in [1.807, 2.05) is 11.8 Å². The molecule has 0 radical (unpaired) electrons. The van der Waals surface area contributed by atoms with E-state index in [9.17, 15) is 9.59 Å². The van der Waals surface area contributed by atoms with Gasteiger partial charge in [0, 0.05) is 13.1 Å². The summed E-state index contributed by atoms with van der Waals surface area (Å²) < 4.78 is 0. The van der Waals surface area contributed by atoms with Crippen molar-refractivity contribution in [2.24, 2.45) is 5.92 Å². The number of hydrogen-bond donors (Lipinski definition) is 2. The van der Waals surface area contributed by atoms with Crippen molar-refractivity contribution in [3.05, 3.63) is 0 Å². The van der Waals surface area contributed by atoms with Crippen molar-refractivity contribution in [2.45, 2.75) is 26.2 Å². The Balaban J connectivity index is 2.14. The molecule has 2 N–H and O–H groups in total. The third kappa shape index (κ3) is 5.70. The van der Waals surface area contributed by atoms with Crippen molar-refractivity contribution in [3.8, 4) is 0 Å². The summed E-state index contributed by atoms with van der Waals surface area (Å²) in [5.74, 6) is -0.144. The number of carbonyl (C=O) groups is 2. The molecule has 1 amide bonds. The zero-order valence-electron chi connectivity index (χ0n) is 9.74. The van der Waals surface area contributed by atoms with Gasteiger partial charge >= 0.3 is 5.97 Å². The van der Waals surface area contributed by atoms with Crippen molar-refractivity contribution in [2.75, 3.05) is 26.2 Å².